The molecule has 0 amide bonds. The van der Waals surface area contributed by atoms with Crippen molar-refractivity contribution in [2.75, 3.05) is 20.3 Å². The van der Waals surface area contributed by atoms with Crippen LogP contribution in [-0.2, 0) is 4.74 Å². The van der Waals surface area contributed by atoms with Crippen molar-refractivity contribution in [3.8, 4) is 17.4 Å². The maximum absolute atomic E-state index is 11.8. The summed E-state index contributed by atoms with van der Waals surface area (Å²) in [6.07, 6.45) is 1.83. The van der Waals surface area contributed by atoms with Crippen LogP contribution in [0.4, 0.5) is 4.79 Å². The number of benzene rings is 1. The van der Waals surface area contributed by atoms with Crippen LogP contribution in [0.2, 0.25) is 0 Å². The Balaban J connectivity index is 1.97. The third kappa shape index (κ3) is 2.59. The van der Waals surface area contributed by atoms with Crippen molar-refractivity contribution in [1.82, 2.24) is 9.55 Å². The summed E-state index contributed by atoms with van der Waals surface area (Å²) < 4.78 is 17.7. The normalized spacial score (nSPS) is 15.4. The molecule has 136 valence electrons. The Bertz CT molecular complexity index is 990. The van der Waals surface area contributed by atoms with E-state index in [2.05, 4.69) is 4.98 Å². The topological polar surface area (TPSA) is 103 Å². The average Bonchev–Trinajstić information content (AvgIpc) is 2.96. The number of phenols is 1. The van der Waals surface area contributed by atoms with E-state index in [0.29, 0.717) is 40.9 Å². The number of carbonyl (C=O) groups is 1. The Labute approximate surface area is 148 Å². The number of nitrogens with zero attached hydrogens (tertiary/aromatic N) is 2. The highest BCUT2D eigenvalue weighted by molar-refractivity contribution is 6.15. The van der Waals surface area contributed by atoms with E-state index < -0.39 is 6.09 Å². The Hall–Kier alpha value is -3.00. The summed E-state index contributed by atoms with van der Waals surface area (Å²) in [5.74, 6) is 0.486. The molecule has 1 fully saturated rings. The molecule has 1 saturated heterocycles. The molecule has 2 N–H and O–H groups in total. The van der Waals surface area contributed by atoms with Gasteiger partial charge >= 0.3 is 6.09 Å². The second-order valence-electron chi connectivity index (χ2n) is 6.10. The van der Waals surface area contributed by atoms with Crippen LogP contribution in [0.5, 0.6) is 17.4 Å². The predicted molar refractivity (Wildman–Crippen MR) is 93.3 cm³/mol. The zero-order valence-corrected chi connectivity index (χ0v) is 14.1. The Morgan fingerprint density at radius 1 is 1.31 bits per heavy atom. The van der Waals surface area contributed by atoms with E-state index in [9.17, 15) is 15.0 Å². The monoisotopic (exact) mass is 358 g/mol. The lowest BCUT2D eigenvalue weighted by Crippen LogP contribution is -2.26. The standard InChI is InChI=1S/C18H18N2O6/c1-24-15-8-11-13(9-14(15)21)20(18(22)23)12-2-5-19-17(16(11)12)26-10-3-6-25-7-4-10/h2,5,8-10,21H,3-4,6-7H2,1H3,(H,22,23). The molecule has 2 aromatic heterocycles. The molecule has 1 aliphatic rings. The largest absolute Gasteiger partial charge is 0.504 e. The first-order chi connectivity index (χ1) is 12.6. The number of rotatable bonds is 3. The molecule has 0 atom stereocenters. The lowest BCUT2D eigenvalue weighted by Gasteiger charge is -2.23. The molecule has 3 heterocycles. The van der Waals surface area contributed by atoms with Crippen molar-refractivity contribution in [2.24, 2.45) is 0 Å². The van der Waals surface area contributed by atoms with E-state index in [1.54, 1.807) is 12.1 Å². The molecule has 0 unspecified atom stereocenters. The van der Waals surface area contributed by atoms with E-state index in [0.717, 1.165) is 17.4 Å². The fraction of sp³-hybridized carbons (Fsp3) is 0.333. The molecule has 0 bridgehead atoms. The van der Waals surface area contributed by atoms with Crippen LogP contribution in [0.3, 0.4) is 0 Å². The highest BCUT2D eigenvalue weighted by Gasteiger charge is 2.23. The third-order valence-corrected chi connectivity index (χ3v) is 4.58. The zero-order valence-electron chi connectivity index (χ0n) is 14.1. The fourth-order valence-corrected chi connectivity index (χ4v) is 3.36. The number of methoxy groups -OCH3 is 1. The van der Waals surface area contributed by atoms with Gasteiger partial charge in [0.05, 0.1) is 36.7 Å². The second kappa shape index (κ2) is 6.38. The Morgan fingerprint density at radius 3 is 2.77 bits per heavy atom. The van der Waals surface area contributed by atoms with Crippen molar-refractivity contribution in [2.45, 2.75) is 18.9 Å². The summed E-state index contributed by atoms with van der Waals surface area (Å²) in [6.45, 7) is 1.25. The van der Waals surface area contributed by atoms with E-state index in [1.807, 2.05) is 0 Å². The molecule has 3 aromatic rings. The van der Waals surface area contributed by atoms with E-state index >= 15 is 0 Å². The third-order valence-electron chi connectivity index (χ3n) is 4.58. The minimum absolute atomic E-state index is 0.0379. The molecule has 26 heavy (non-hydrogen) atoms. The first-order valence-corrected chi connectivity index (χ1v) is 8.28. The van der Waals surface area contributed by atoms with Crippen LogP contribution in [0.1, 0.15) is 12.8 Å². The maximum atomic E-state index is 11.8. The number of pyridine rings is 1. The van der Waals surface area contributed by atoms with Gasteiger partial charge in [-0.15, -0.1) is 0 Å². The molecule has 4 rings (SSSR count). The molecule has 0 saturated carbocycles. The second-order valence-corrected chi connectivity index (χ2v) is 6.10. The highest BCUT2D eigenvalue weighted by Crippen LogP contribution is 2.40. The first kappa shape index (κ1) is 16.5. The highest BCUT2D eigenvalue weighted by atomic mass is 16.5. The lowest BCUT2D eigenvalue weighted by atomic mass is 10.1. The molecule has 8 heteroatoms. The van der Waals surface area contributed by atoms with Crippen molar-refractivity contribution in [3.05, 3.63) is 24.4 Å². The van der Waals surface area contributed by atoms with Gasteiger partial charge in [-0.05, 0) is 12.1 Å². The Kier molecular flexibility index (Phi) is 4.04. The minimum Gasteiger partial charge on any atom is -0.504 e. The van der Waals surface area contributed by atoms with Gasteiger partial charge in [0.25, 0.3) is 0 Å². The maximum Gasteiger partial charge on any atom is 0.416 e. The quantitative estimate of drug-likeness (QED) is 0.742. The summed E-state index contributed by atoms with van der Waals surface area (Å²) in [4.78, 5) is 16.2. The van der Waals surface area contributed by atoms with Crippen molar-refractivity contribution < 1.29 is 29.2 Å². The van der Waals surface area contributed by atoms with E-state index in [1.165, 1.54) is 19.4 Å². The van der Waals surface area contributed by atoms with Gasteiger partial charge in [-0.3, -0.25) is 0 Å². The molecule has 8 nitrogen and oxygen atoms in total. The molecule has 1 aliphatic heterocycles. The van der Waals surface area contributed by atoms with Gasteiger partial charge in [0.15, 0.2) is 11.5 Å². The summed E-state index contributed by atoms with van der Waals surface area (Å²) >= 11 is 0. The van der Waals surface area contributed by atoms with Crippen LogP contribution >= 0.6 is 0 Å². The molecular weight excluding hydrogens is 340 g/mol. The molecule has 0 aliphatic carbocycles. The van der Waals surface area contributed by atoms with Gasteiger partial charge in [-0.2, -0.15) is 0 Å². The number of fused-ring (bicyclic) bond motifs is 3. The summed E-state index contributed by atoms with van der Waals surface area (Å²) in [6, 6.07) is 4.59. The number of carboxylic acid groups (broad SMARTS) is 1. The van der Waals surface area contributed by atoms with Crippen molar-refractivity contribution in [1.29, 1.82) is 0 Å². The van der Waals surface area contributed by atoms with Crippen LogP contribution in [0, 0.1) is 0 Å². The number of aromatic nitrogens is 2. The molecule has 1 aromatic carbocycles. The van der Waals surface area contributed by atoms with Crippen molar-refractivity contribution in [3.63, 3.8) is 0 Å². The predicted octanol–water partition coefficient (Wildman–Crippen LogP) is 2.99. The van der Waals surface area contributed by atoms with Gasteiger partial charge < -0.3 is 24.4 Å². The molecule has 0 spiro atoms. The zero-order chi connectivity index (χ0) is 18.3. The van der Waals surface area contributed by atoms with Crippen LogP contribution < -0.4 is 9.47 Å². The fourth-order valence-electron chi connectivity index (χ4n) is 3.36. The van der Waals surface area contributed by atoms with Crippen LogP contribution in [-0.4, -0.2) is 52.3 Å². The number of hydrogen-bond donors (Lipinski definition) is 2. The average molecular weight is 358 g/mol. The molecule has 0 radical (unpaired) electrons. The van der Waals surface area contributed by atoms with Gasteiger partial charge in [0.1, 0.15) is 6.10 Å². The molecular formula is C18H18N2O6. The number of phenolic OH excluding ortho intramolecular Hbond substituents is 1. The number of aromatic hydroxyl groups is 1. The summed E-state index contributed by atoms with van der Waals surface area (Å²) in [5, 5.41) is 20.9. The Morgan fingerprint density at radius 2 is 2.08 bits per heavy atom. The smallest absolute Gasteiger partial charge is 0.416 e. The summed E-state index contributed by atoms with van der Waals surface area (Å²) in [7, 11) is 1.44. The SMILES string of the molecule is COc1cc2c3c(OC4CCOCC4)nccc3n(C(=O)O)c2cc1O. The summed E-state index contributed by atoms with van der Waals surface area (Å²) in [5.41, 5.74) is 0.785. The van der Waals surface area contributed by atoms with Gasteiger partial charge in [0.2, 0.25) is 5.88 Å². The van der Waals surface area contributed by atoms with Gasteiger partial charge in [-0.25, -0.2) is 14.3 Å². The van der Waals surface area contributed by atoms with Crippen LogP contribution in [0.25, 0.3) is 21.8 Å². The number of hydrogen-bond acceptors (Lipinski definition) is 6. The minimum atomic E-state index is -1.15. The van der Waals surface area contributed by atoms with E-state index in [-0.39, 0.29) is 17.6 Å². The number of ether oxygens (including phenoxy) is 3. The van der Waals surface area contributed by atoms with E-state index in [4.69, 9.17) is 14.2 Å². The lowest BCUT2D eigenvalue weighted by molar-refractivity contribution is 0.0244. The van der Waals surface area contributed by atoms with Gasteiger partial charge in [0, 0.05) is 30.5 Å². The van der Waals surface area contributed by atoms with Crippen molar-refractivity contribution >= 4 is 27.9 Å². The first-order valence-electron chi connectivity index (χ1n) is 8.28. The van der Waals surface area contributed by atoms with Gasteiger partial charge in [-0.1, -0.05) is 0 Å². The van der Waals surface area contributed by atoms with Crippen LogP contribution in [0.15, 0.2) is 24.4 Å².